The summed E-state index contributed by atoms with van der Waals surface area (Å²) in [4.78, 5) is 22.5. The van der Waals surface area contributed by atoms with Gasteiger partial charge in [-0.25, -0.2) is 4.79 Å². The lowest BCUT2D eigenvalue weighted by Crippen LogP contribution is -2.34. The molecule has 2 heterocycles. The van der Waals surface area contributed by atoms with Crippen molar-refractivity contribution in [2.45, 2.75) is 40.2 Å². The van der Waals surface area contributed by atoms with E-state index in [1.807, 2.05) is 0 Å². The van der Waals surface area contributed by atoms with Crippen molar-refractivity contribution in [1.82, 2.24) is 25.4 Å². The van der Waals surface area contributed by atoms with E-state index in [1.165, 1.54) is 4.52 Å². The molecule has 2 rings (SSSR count). The number of carbonyl (C=O) groups is 1. The number of amides is 1. The van der Waals surface area contributed by atoms with Gasteiger partial charge in [0.2, 0.25) is 0 Å². The maximum Gasteiger partial charge on any atom is 0.407 e. The number of rotatable bonds is 8. The van der Waals surface area contributed by atoms with E-state index in [1.54, 1.807) is 34.6 Å². The van der Waals surface area contributed by atoms with Crippen LogP contribution in [0.4, 0.5) is 16.2 Å². The van der Waals surface area contributed by atoms with Crippen LogP contribution in [-0.4, -0.2) is 63.0 Å². The van der Waals surface area contributed by atoms with Gasteiger partial charge in [-0.05, 0) is 45.0 Å². The molecule has 0 bridgehead atoms. The molecule has 0 unspecified atom stereocenters. The Labute approximate surface area is 161 Å². The third kappa shape index (κ3) is 5.25. The smallest absolute Gasteiger partial charge is 0.407 e. The lowest BCUT2D eigenvalue weighted by molar-refractivity contribution is -0.382. The van der Waals surface area contributed by atoms with Gasteiger partial charge in [0.15, 0.2) is 0 Å². The number of aromatic nitrogens is 4. The Morgan fingerprint density at radius 2 is 1.93 bits per heavy atom. The molecule has 2 aromatic rings. The van der Waals surface area contributed by atoms with E-state index in [4.69, 9.17) is 9.47 Å². The van der Waals surface area contributed by atoms with Crippen LogP contribution in [0, 0.1) is 24.0 Å². The van der Waals surface area contributed by atoms with Crippen LogP contribution in [0.15, 0.2) is 0 Å². The number of hydrogen-bond donors (Lipinski definition) is 2. The number of anilines is 1. The van der Waals surface area contributed by atoms with Crippen molar-refractivity contribution in [3.63, 3.8) is 0 Å². The van der Waals surface area contributed by atoms with E-state index < -0.39 is 16.6 Å². The van der Waals surface area contributed by atoms with Crippen LogP contribution in [0.3, 0.4) is 0 Å². The number of pyridine rings is 1. The van der Waals surface area contributed by atoms with Crippen LogP contribution in [0.25, 0.3) is 5.65 Å². The van der Waals surface area contributed by atoms with Gasteiger partial charge in [-0.15, -0.1) is 5.10 Å². The lowest BCUT2D eigenvalue weighted by Gasteiger charge is -2.19. The van der Waals surface area contributed by atoms with Crippen molar-refractivity contribution in [2.75, 3.05) is 31.6 Å². The third-order valence-corrected chi connectivity index (χ3v) is 3.80. The van der Waals surface area contributed by atoms with Gasteiger partial charge in [-0.2, -0.15) is 4.52 Å². The van der Waals surface area contributed by atoms with Gasteiger partial charge < -0.3 is 20.1 Å². The number of fused-ring (bicyclic) bond motifs is 1. The van der Waals surface area contributed by atoms with E-state index in [-0.39, 0.29) is 17.9 Å². The van der Waals surface area contributed by atoms with Gasteiger partial charge in [0.25, 0.3) is 5.65 Å². The lowest BCUT2D eigenvalue weighted by atomic mass is 10.1. The largest absolute Gasteiger partial charge is 0.444 e. The highest BCUT2D eigenvalue weighted by Crippen LogP contribution is 2.33. The number of nitro groups is 1. The van der Waals surface area contributed by atoms with Gasteiger partial charge in [-0.1, -0.05) is 0 Å². The maximum absolute atomic E-state index is 11.5. The molecular weight excluding hydrogens is 370 g/mol. The van der Waals surface area contributed by atoms with Gasteiger partial charge >= 0.3 is 11.8 Å². The maximum atomic E-state index is 11.5. The molecule has 0 aliphatic rings. The molecular formula is C16H25N7O5. The summed E-state index contributed by atoms with van der Waals surface area (Å²) in [6.07, 6.45) is -0.508. The van der Waals surface area contributed by atoms with Crippen LogP contribution >= 0.6 is 0 Å². The fourth-order valence-electron chi connectivity index (χ4n) is 2.47. The highest BCUT2D eigenvalue weighted by atomic mass is 16.6. The molecule has 0 atom stereocenters. The van der Waals surface area contributed by atoms with Crippen molar-refractivity contribution in [3.8, 4) is 0 Å². The first-order valence-corrected chi connectivity index (χ1v) is 8.76. The van der Waals surface area contributed by atoms with Crippen molar-refractivity contribution in [3.05, 3.63) is 21.4 Å². The van der Waals surface area contributed by atoms with Crippen molar-refractivity contribution >= 4 is 23.1 Å². The Bertz CT molecular complexity index is 859. The summed E-state index contributed by atoms with van der Waals surface area (Å²) in [5.74, 6) is 0. The molecule has 0 saturated heterocycles. The molecule has 0 radical (unpaired) electrons. The number of ether oxygens (including phenoxy) is 2. The quantitative estimate of drug-likeness (QED) is 0.386. The molecule has 2 N–H and O–H groups in total. The summed E-state index contributed by atoms with van der Waals surface area (Å²) < 4.78 is 11.9. The summed E-state index contributed by atoms with van der Waals surface area (Å²) in [6.45, 7) is 10.1. The van der Waals surface area contributed by atoms with E-state index >= 15 is 0 Å². The predicted molar refractivity (Wildman–Crippen MR) is 100 cm³/mol. The molecule has 2 aromatic heterocycles. The Balaban J connectivity index is 1.86. The topological polar surface area (TPSA) is 146 Å². The second kappa shape index (κ2) is 8.78. The molecule has 0 saturated carbocycles. The first-order valence-electron chi connectivity index (χ1n) is 8.76. The minimum atomic E-state index is -0.555. The summed E-state index contributed by atoms with van der Waals surface area (Å²) in [7, 11) is 0. The second-order valence-corrected chi connectivity index (χ2v) is 7.07. The molecule has 12 nitrogen and oxygen atoms in total. The Hall–Kier alpha value is -3.02. The average Bonchev–Trinajstić information content (AvgIpc) is 3.05. The minimum absolute atomic E-state index is 0.0816. The Morgan fingerprint density at radius 3 is 2.57 bits per heavy atom. The zero-order valence-electron chi connectivity index (χ0n) is 16.6. The predicted octanol–water partition coefficient (Wildman–Crippen LogP) is 1.60. The molecule has 0 aliphatic carbocycles. The van der Waals surface area contributed by atoms with Crippen LogP contribution in [0.1, 0.15) is 32.0 Å². The normalized spacial score (nSPS) is 11.5. The fourth-order valence-corrected chi connectivity index (χ4v) is 2.47. The molecule has 0 aromatic carbocycles. The van der Waals surface area contributed by atoms with Gasteiger partial charge in [0.1, 0.15) is 11.3 Å². The number of carbonyl (C=O) groups excluding carboxylic acids is 1. The summed E-state index contributed by atoms with van der Waals surface area (Å²) in [6, 6.07) is 0. The van der Waals surface area contributed by atoms with Crippen LogP contribution in [-0.2, 0) is 9.47 Å². The number of tetrazole rings is 1. The zero-order valence-corrected chi connectivity index (χ0v) is 16.6. The first-order chi connectivity index (χ1) is 13.1. The van der Waals surface area contributed by atoms with E-state index in [2.05, 4.69) is 26.2 Å². The highest BCUT2D eigenvalue weighted by molar-refractivity contribution is 5.78. The van der Waals surface area contributed by atoms with E-state index in [0.29, 0.717) is 36.6 Å². The van der Waals surface area contributed by atoms with Gasteiger partial charge in [0, 0.05) is 24.3 Å². The zero-order chi connectivity index (χ0) is 20.9. The number of nitrogens with one attached hydrogen (secondary N) is 2. The minimum Gasteiger partial charge on any atom is -0.444 e. The molecule has 0 fully saturated rings. The fraction of sp³-hybridized carbons (Fsp3) is 0.625. The summed E-state index contributed by atoms with van der Waals surface area (Å²) >= 11 is 0. The molecule has 154 valence electrons. The number of hydrogen-bond acceptors (Lipinski definition) is 9. The Kier molecular flexibility index (Phi) is 6.67. The molecule has 0 spiro atoms. The third-order valence-electron chi connectivity index (χ3n) is 3.80. The second-order valence-electron chi connectivity index (χ2n) is 7.07. The van der Waals surface area contributed by atoms with E-state index in [9.17, 15) is 14.9 Å². The summed E-state index contributed by atoms with van der Waals surface area (Å²) in [5, 5.41) is 28.2. The van der Waals surface area contributed by atoms with E-state index in [0.717, 1.165) is 0 Å². The first kappa shape index (κ1) is 21.3. The number of nitrogens with zero attached hydrogens (tertiary/aromatic N) is 5. The Morgan fingerprint density at radius 1 is 1.25 bits per heavy atom. The van der Waals surface area contributed by atoms with Gasteiger partial charge in [-0.3, -0.25) is 10.1 Å². The number of aryl methyl sites for hydroxylation is 1. The van der Waals surface area contributed by atoms with Crippen molar-refractivity contribution in [2.24, 2.45) is 0 Å². The molecule has 28 heavy (non-hydrogen) atoms. The standard InChI is InChI=1S/C16H25N7O5/c1-10-11(2)22-14(19-20-21-22)13(23(25)26)12(10)17-6-8-27-9-7-18-15(24)28-16(3,4)5/h17H,6-9H2,1-5H3,(H,18,24). The monoisotopic (exact) mass is 395 g/mol. The van der Waals surface area contributed by atoms with Gasteiger partial charge in [0.05, 0.1) is 18.1 Å². The van der Waals surface area contributed by atoms with Crippen LogP contribution < -0.4 is 10.6 Å². The van der Waals surface area contributed by atoms with Crippen molar-refractivity contribution < 1.29 is 19.2 Å². The molecule has 1 amide bonds. The SMILES string of the molecule is Cc1c(NCCOCCNC(=O)OC(C)(C)C)c([N+](=O)[O-])c2nnnn2c1C. The molecule has 12 heteroatoms. The highest BCUT2D eigenvalue weighted by Gasteiger charge is 2.26. The number of alkyl carbamates (subject to hydrolysis) is 1. The van der Waals surface area contributed by atoms with Crippen molar-refractivity contribution in [1.29, 1.82) is 0 Å². The van der Waals surface area contributed by atoms with Crippen LogP contribution in [0.5, 0.6) is 0 Å². The summed E-state index contributed by atoms with van der Waals surface area (Å²) in [5.41, 5.74) is 1.09. The van der Waals surface area contributed by atoms with Crippen LogP contribution in [0.2, 0.25) is 0 Å². The molecule has 0 aliphatic heterocycles. The average molecular weight is 395 g/mol.